The van der Waals surface area contributed by atoms with Crippen molar-refractivity contribution >= 4 is 17.1 Å². The summed E-state index contributed by atoms with van der Waals surface area (Å²) < 4.78 is 10.9. The normalized spacial score (nSPS) is 15.6. The third kappa shape index (κ3) is 5.40. The second-order valence-electron chi connectivity index (χ2n) is 7.56. The van der Waals surface area contributed by atoms with Gasteiger partial charge in [-0.25, -0.2) is 9.97 Å². The van der Waals surface area contributed by atoms with Gasteiger partial charge in [-0.15, -0.1) is 0 Å². The van der Waals surface area contributed by atoms with Gasteiger partial charge >= 0.3 is 6.01 Å². The summed E-state index contributed by atoms with van der Waals surface area (Å²) in [7, 11) is 0. The Labute approximate surface area is 180 Å². The fourth-order valence-corrected chi connectivity index (χ4v) is 4.06. The van der Waals surface area contributed by atoms with Crippen LogP contribution in [0.15, 0.2) is 30.6 Å². The Morgan fingerprint density at radius 3 is 2.53 bits per heavy atom. The highest BCUT2D eigenvalue weighted by atomic mass is 16.5. The Morgan fingerprint density at radius 1 is 1.20 bits per heavy atom. The number of rotatable bonds is 10. The molecule has 0 radical (unpaired) electrons. The number of hydrogen-bond acceptors (Lipinski definition) is 7. The van der Waals surface area contributed by atoms with Crippen LogP contribution in [0.5, 0.6) is 6.01 Å². The molecule has 0 amide bonds. The van der Waals surface area contributed by atoms with E-state index in [0.717, 1.165) is 50.4 Å². The van der Waals surface area contributed by atoms with Crippen molar-refractivity contribution in [2.45, 2.75) is 52.0 Å². The van der Waals surface area contributed by atoms with Crippen LogP contribution >= 0.6 is 0 Å². The monoisotopic (exact) mass is 413 g/mol. The first kappa shape index (κ1) is 22.3. The lowest BCUT2D eigenvalue weighted by Crippen LogP contribution is -2.39. The van der Waals surface area contributed by atoms with Crippen LogP contribution in [0.25, 0.3) is 0 Å². The van der Waals surface area contributed by atoms with Gasteiger partial charge in [-0.05, 0) is 63.3 Å². The molecule has 1 aliphatic heterocycles. The molecule has 7 heteroatoms. The van der Waals surface area contributed by atoms with Crippen LogP contribution in [-0.4, -0.2) is 48.9 Å². The Hall–Kier alpha value is -2.38. The summed E-state index contributed by atoms with van der Waals surface area (Å²) in [6, 6.07) is 7.55. The Kier molecular flexibility index (Phi) is 8.28. The van der Waals surface area contributed by atoms with Gasteiger partial charge in [0, 0.05) is 25.8 Å². The highest BCUT2D eigenvalue weighted by Crippen LogP contribution is 2.35. The molecule has 1 aromatic heterocycles. The predicted octanol–water partition coefficient (Wildman–Crippen LogP) is 4.08. The standard InChI is InChI=1S/C23H35N5O2/c1-4-17(14-24)18-7-8-22(28(5-2)20-9-11-29-12-10-20)21(13-18)27-19-15-25-23(26-16-19)30-6-3/h7-8,13,15-17,20,27H,4-6,9-12,14,24H2,1-3H3. The first-order valence-corrected chi connectivity index (χ1v) is 11.1. The minimum atomic E-state index is 0.342. The van der Waals surface area contributed by atoms with Crippen molar-refractivity contribution in [3.05, 3.63) is 36.2 Å². The van der Waals surface area contributed by atoms with E-state index < -0.39 is 0 Å². The van der Waals surface area contributed by atoms with Crippen molar-refractivity contribution in [3.8, 4) is 6.01 Å². The molecular formula is C23H35N5O2. The molecule has 1 aliphatic rings. The van der Waals surface area contributed by atoms with E-state index in [0.29, 0.717) is 31.1 Å². The summed E-state index contributed by atoms with van der Waals surface area (Å²) in [5.41, 5.74) is 10.4. The Bertz CT molecular complexity index is 774. The summed E-state index contributed by atoms with van der Waals surface area (Å²) >= 11 is 0. The van der Waals surface area contributed by atoms with E-state index in [1.165, 1.54) is 11.3 Å². The highest BCUT2D eigenvalue weighted by Gasteiger charge is 2.23. The summed E-state index contributed by atoms with van der Waals surface area (Å²) in [6.45, 7) is 10.1. The molecule has 0 saturated carbocycles. The molecule has 1 atom stereocenters. The highest BCUT2D eigenvalue weighted by molar-refractivity contribution is 5.76. The molecule has 0 aliphatic carbocycles. The molecule has 164 valence electrons. The zero-order valence-electron chi connectivity index (χ0n) is 18.4. The number of aromatic nitrogens is 2. The van der Waals surface area contributed by atoms with Gasteiger partial charge in [0.15, 0.2) is 0 Å². The second kappa shape index (κ2) is 11.1. The lowest BCUT2D eigenvalue weighted by molar-refractivity contribution is 0.0846. The Morgan fingerprint density at radius 2 is 1.93 bits per heavy atom. The molecule has 0 bridgehead atoms. The third-order valence-corrected chi connectivity index (χ3v) is 5.73. The molecule has 1 fully saturated rings. The van der Waals surface area contributed by atoms with E-state index in [2.05, 4.69) is 52.2 Å². The molecule has 7 nitrogen and oxygen atoms in total. The van der Waals surface area contributed by atoms with Crippen molar-refractivity contribution in [3.63, 3.8) is 0 Å². The second-order valence-corrected chi connectivity index (χ2v) is 7.56. The molecule has 2 heterocycles. The van der Waals surface area contributed by atoms with Gasteiger partial charge in [0.2, 0.25) is 0 Å². The van der Waals surface area contributed by atoms with Gasteiger partial charge in [-0.2, -0.15) is 0 Å². The number of nitrogens with one attached hydrogen (secondary N) is 1. The van der Waals surface area contributed by atoms with Crippen molar-refractivity contribution in [2.24, 2.45) is 5.73 Å². The number of ether oxygens (including phenoxy) is 2. The fourth-order valence-electron chi connectivity index (χ4n) is 4.06. The van der Waals surface area contributed by atoms with Crippen molar-refractivity contribution < 1.29 is 9.47 Å². The molecular weight excluding hydrogens is 378 g/mol. The number of hydrogen-bond donors (Lipinski definition) is 2. The van der Waals surface area contributed by atoms with E-state index in [-0.39, 0.29) is 0 Å². The van der Waals surface area contributed by atoms with Gasteiger partial charge in [-0.1, -0.05) is 13.0 Å². The first-order chi connectivity index (χ1) is 14.7. The van der Waals surface area contributed by atoms with Gasteiger partial charge in [0.25, 0.3) is 0 Å². The smallest absolute Gasteiger partial charge is 0.316 e. The molecule has 3 N–H and O–H groups in total. The van der Waals surface area contributed by atoms with Crippen LogP contribution in [-0.2, 0) is 4.74 Å². The van der Waals surface area contributed by atoms with E-state index in [1.54, 1.807) is 12.4 Å². The van der Waals surface area contributed by atoms with Gasteiger partial charge < -0.3 is 25.4 Å². The van der Waals surface area contributed by atoms with Crippen LogP contribution < -0.4 is 20.7 Å². The lowest BCUT2D eigenvalue weighted by atomic mass is 9.95. The minimum absolute atomic E-state index is 0.342. The summed E-state index contributed by atoms with van der Waals surface area (Å²) in [6.07, 6.45) is 6.63. The SMILES string of the molecule is CCOc1ncc(Nc2cc(C(CC)CN)ccc2N(CC)C2CCOCC2)cn1. The van der Waals surface area contributed by atoms with E-state index in [4.69, 9.17) is 15.2 Å². The molecule has 2 aromatic rings. The molecule has 3 rings (SSSR count). The predicted molar refractivity (Wildman–Crippen MR) is 122 cm³/mol. The summed E-state index contributed by atoms with van der Waals surface area (Å²) in [5, 5.41) is 3.54. The molecule has 0 spiro atoms. The Balaban J connectivity index is 1.94. The summed E-state index contributed by atoms with van der Waals surface area (Å²) in [4.78, 5) is 11.1. The van der Waals surface area contributed by atoms with Crippen molar-refractivity contribution in [1.29, 1.82) is 0 Å². The van der Waals surface area contributed by atoms with Crippen LogP contribution in [0.1, 0.15) is 51.5 Å². The van der Waals surface area contributed by atoms with Gasteiger partial charge in [0.1, 0.15) is 0 Å². The van der Waals surface area contributed by atoms with Crippen LogP contribution in [0, 0.1) is 0 Å². The molecule has 1 saturated heterocycles. The number of nitrogens with zero attached hydrogens (tertiary/aromatic N) is 3. The number of anilines is 3. The third-order valence-electron chi connectivity index (χ3n) is 5.73. The van der Waals surface area contributed by atoms with E-state index >= 15 is 0 Å². The van der Waals surface area contributed by atoms with E-state index in [1.807, 2.05) is 6.92 Å². The van der Waals surface area contributed by atoms with Crippen molar-refractivity contribution in [1.82, 2.24) is 9.97 Å². The van der Waals surface area contributed by atoms with Crippen LogP contribution in [0.3, 0.4) is 0 Å². The maximum atomic E-state index is 6.03. The van der Waals surface area contributed by atoms with Gasteiger partial charge in [-0.3, -0.25) is 0 Å². The van der Waals surface area contributed by atoms with Crippen LogP contribution in [0.4, 0.5) is 17.1 Å². The first-order valence-electron chi connectivity index (χ1n) is 11.1. The van der Waals surface area contributed by atoms with E-state index in [9.17, 15) is 0 Å². The minimum Gasteiger partial charge on any atom is -0.464 e. The van der Waals surface area contributed by atoms with Gasteiger partial charge in [0.05, 0.1) is 36.1 Å². The molecule has 1 aromatic carbocycles. The van der Waals surface area contributed by atoms with Crippen molar-refractivity contribution in [2.75, 3.05) is 43.1 Å². The summed E-state index contributed by atoms with van der Waals surface area (Å²) in [5.74, 6) is 0.342. The number of benzene rings is 1. The fraction of sp³-hybridized carbons (Fsp3) is 0.565. The average Bonchev–Trinajstić information content (AvgIpc) is 2.79. The topological polar surface area (TPSA) is 85.5 Å². The maximum absolute atomic E-state index is 6.03. The lowest BCUT2D eigenvalue weighted by Gasteiger charge is -2.36. The quantitative estimate of drug-likeness (QED) is 0.607. The zero-order chi connectivity index (χ0) is 21.3. The largest absolute Gasteiger partial charge is 0.464 e. The molecule has 1 unspecified atom stereocenters. The number of nitrogens with two attached hydrogens (primary N) is 1. The maximum Gasteiger partial charge on any atom is 0.316 e. The molecule has 30 heavy (non-hydrogen) atoms. The van der Waals surface area contributed by atoms with Crippen LogP contribution in [0.2, 0.25) is 0 Å². The zero-order valence-corrected chi connectivity index (χ0v) is 18.4. The average molecular weight is 414 g/mol.